The Kier molecular flexibility index (Phi) is 5.10. The summed E-state index contributed by atoms with van der Waals surface area (Å²) in [5, 5.41) is 13.8. The number of hydrogen-bond acceptors (Lipinski definition) is 5. The molecule has 0 aliphatic carbocycles. The molecule has 0 fully saturated rings. The van der Waals surface area contributed by atoms with E-state index in [-0.39, 0.29) is 0 Å². The molecule has 0 spiro atoms. The quantitative estimate of drug-likeness (QED) is 0.826. The Bertz CT molecular complexity index is 567. The summed E-state index contributed by atoms with van der Waals surface area (Å²) in [5.41, 5.74) is 0.263. The van der Waals surface area contributed by atoms with Crippen LogP contribution in [-0.4, -0.2) is 22.3 Å². The van der Waals surface area contributed by atoms with Crippen LogP contribution in [0.4, 0.5) is 0 Å². The van der Waals surface area contributed by atoms with Gasteiger partial charge in [0, 0.05) is 18.1 Å². The molecule has 0 radical (unpaired) electrons. The molecule has 0 bridgehead atoms. The van der Waals surface area contributed by atoms with Crippen molar-refractivity contribution in [2.75, 3.05) is 12.3 Å². The Morgan fingerprint density at radius 3 is 2.70 bits per heavy atom. The minimum atomic E-state index is -0.710. The first-order chi connectivity index (χ1) is 9.80. The molecule has 5 heteroatoms. The molecule has 1 atom stereocenters. The number of hydrogen-bond donors (Lipinski definition) is 1. The summed E-state index contributed by atoms with van der Waals surface area (Å²) >= 11 is 1.53. The minimum Gasteiger partial charge on any atom is -0.295 e. The van der Waals surface area contributed by atoms with Crippen LogP contribution >= 0.6 is 11.8 Å². The highest BCUT2D eigenvalue weighted by Crippen LogP contribution is 2.28. The summed E-state index contributed by atoms with van der Waals surface area (Å²) in [7, 11) is 0. The molecule has 1 aromatic carbocycles. The Morgan fingerprint density at radius 1 is 1.30 bits per heavy atom. The zero-order chi connectivity index (χ0) is 14.3. The topological polar surface area (TPSA) is 61.6 Å². The van der Waals surface area contributed by atoms with Crippen molar-refractivity contribution in [1.82, 2.24) is 15.3 Å². The number of benzene rings is 1. The molecule has 0 aliphatic rings. The SMILES string of the molecule is CCNC(C#N)(CSc1cnccn1)c1ccccc1. The van der Waals surface area contributed by atoms with Crippen LogP contribution in [0.25, 0.3) is 0 Å². The van der Waals surface area contributed by atoms with E-state index >= 15 is 0 Å². The van der Waals surface area contributed by atoms with E-state index in [2.05, 4.69) is 21.4 Å². The minimum absolute atomic E-state index is 0.583. The Morgan fingerprint density at radius 2 is 2.10 bits per heavy atom. The van der Waals surface area contributed by atoms with Crippen LogP contribution in [0.3, 0.4) is 0 Å². The summed E-state index contributed by atoms with van der Waals surface area (Å²) in [6.45, 7) is 2.73. The molecule has 102 valence electrons. The largest absolute Gasteiger partial charge is 0.295 e. The van der Waals surface area contributed by atoms with Gasteiger partial charge >= 0.3 is 0 Å². The highest BCUT2D eigenvalue weighted by molar-refractivity contribution is 7.99. The normalized spacial score (nSPS) is 13.4. The van der Waals surface area contributed by atoms with E-state index in [9.17, 15) is 5.26 Å². The van der Waals surface area contributed by atoms with Gasteiger partial charge in [-0.1, -0.05) is 37.3 Å². The first-order valence-electron chi connectivity index (χ1n) is 6.41. The fourth-order valence-corrected chi connectivity index (χ4v) is 2.91. The second-order valence-corrected chi connectivity index (χ2v) is 5.24. The maximum atomic E-state index is 9.68. The van der Waals surface area contributed by atoms with Crippen molar-refractivity contribution < 1.29 is 0 Å². The molecule has 2 rings (SSSR count). The van der Waals surface area contributed by atoms with Gasteiger partial charge in [-0.3, -0.25) is 10.3 Å². The van der Waals surface area contributed by atoms with E-state index in [1.54, 1.807) is 18.6 Å². The molecule has 0 saturated heterocycles. The predicted molar refractivity (Wildman–Crippen MR) is 80.2 cm³/mol. The van der Waals surface area contributed by atoms with E-state index in [0.717, 1.165) is 17.1 Å². The van der Waals surface area contributed by atoms with Crippen LogP contribution < -0.4 is 5.32 Å². The van der Waals surface area contributed by atoms with Gasteiger partial charge in [-0.25, -0.2) is 4.98 Å². The third-order valence-corrected chi connectivity index (χ3v) is 4.00. The van der Waals surface area contributed by atoms with Gasteiger partial charge in [0.05, 0.1) is 12.3 Å². The summed E-state index contributed by atoms with van der Waals surface area (Å²) in [5.74, 6) is 0.583. The number of nitrogens with zero attached hydrogens (tertiary/aromatic N) is 3. The van der Waals surface area contributed by atoms with Crippen molar-refractivity contribution in [3.05, 3.63) is 54.5 Å². The number of rotatable bonds is 6. The average molecular weight is 284 g/mol. The van der Waals surface area contributed by atoms with Crippen molar-refractivity contribution >= 4 is 11.8 Å². The van der Waals surface area contributed by atoms with E-state index in [1.165, 1.54) is 11.8 Å². The second kappa shape index (κ2) is 7.04. The van der Waals surface area contributed by atoms with Crippen molar-refractivity contribution in [3.63, 3.8) is 0 Å². The Hall–Kier alpha value is -1.90. The standard InChI is InChI=1S/C15H16N4S/c1-2-19-15(11-16,13-6-4-3-5-7-13)12-20-14-10-17-8-9-18-14/h3-10,19H,2,12H2,1H3. The van der Waals surface area contributed by atoms with Crippen LogP contribution in [0, 0.1) is 11.3 Å². The van der Waals surface area contributed by atoms with Crippen LogP contribution in [-0.2, 0) is 5.54 Å². The highest BCUT2D eigenvalue weighted by atomic mass is 32.2. The average Bonchev–Trinajstić information content (AvgIpc) is 2.53. The molecule has 1 N–H and O–H groups in total. The molecule has 0 aliphatic heterocycles. The van der Waals surface area contributed by atoms with E-state index in [1.807, 2.05) is 37.3 Å². The van der Waals surface area contributed by atoms with Gasteiger partial charge < -0.3 is 0 Å². The maximum absolute atomic E-state index is 9.68. The van der Waals surface area contributed by atoms with Gasteiger partial charge in [0.2, 0.25) is 0 Å². The van der Waals surface area contributed by atoms with E-state index in [0.29, 0.717) is 5.75 Å². The monoisotopic (exact) mass is 284 g/mol. The molecular formula is C15H16N4S. The van der Waals surface area contributed by atoms with Gasteiger partial charge in [-0.2, -0.15) is 5.26 Å². The molecule has 20 heavy (non-hydrogen) atoms. The smallest absolute Gasteiger partial charge is 0.141 e. The fourth-order valence-electron chi connectivity index (χ4n) is 1.94. The molecule has 1 aromatic heterocycles. The lowest BCUT2D eigenvalue weighted by Gasteiger charge is -2.27. The van der Waals surface area contributed by atoms with Crippen LogP contribution in [0.2, 0.25) is 0 Å². The Balaban J connectivity index is 2.22. The van der Waals surface area contributed by atoms with Gasteiger partial charge in [0.15, 0.2) is 0 Å². The predicted octanol–water partition coefficient (Wildman–Crippen LogP) is 2.60. The first-order valence-corrected chi connectivity index (χ1v) is 7.40. The van der Waals surface area contributed by atoms with Crippen molar-refractivity contribution in [2.45, 2.75) is 17.5 Å². The zero-order valence-corrected chi connectivity index (χ0v) is 12.1. The number of nitrogens with one attached hydrogen (secondary N) is 1. The zero-order valence-electron chi connectivity index (χ0n) is 11.3. The fraction of sp³-hybridized carbons (Fsp3) is 0.267. The molecular weight excluding hydrogens is 268 g/mol. The lowest BCUT2D eigenvalue weighted by molar-refractivity contribution is 0.490. The van der Waals surface area contributed by atoms with E-state index < -0.39 is 5.54 Å². The second-order valence-electron chi connectivity index (χ2n) is 4.25. The molecule has 0 saturated carbocycles. The molecule has 1 unspecified atom stereocenters. The van der Waals surface area contributed by atoms with Gasteiger partial charge in [-0.05, 0) is 12.1 Å². The van der Waals surface area contributed by atoms with Gasteiger partial charge in [0.1, 0.15) is 10.6 Å². The van der Waals surface area contributed by atoms with E-state index in [4.69, 9.17) is 0 Å². The summed E-state index contributed by atoms with van der Waals surface area (Å²) < 4.78 is 0. The lowest BCUT2D eigenvalue weighted by Crippen LogP contribution is -2.43. The van der Waals surface area contributed by atoms with Crippen LogP contribution in [0.15, 0.2) is 53.9 Å². The molecule has 2 aromatic rings. The Labute approximate surface area is 123 Å². The summed E-state index contributed by atoms with van der Waals surface area (Å²) in [6, 6.07) is 12.2. The number of thioether (sulfide) groups is 1. The third kappa shape index (κ3) is 3.35. The lowest BCUT2D eigenvalue weighted by atomic mass is 9.93. The van der Waals surface area contributed by atoms with Gasteiger partial charge in [-0.15, -0.1) is 11.8 Å². The van der Waals surface area contributed by atoms with Crippen LogP contribution in [0.1, 0.15) is 12.5 Å². The number of nitriles is 1. The van der Waals surface area contributed by atoms with Crippen molar-refractivity contribution in [2.24, 2.45) is 0 Å². The summed E-state index contributed by atoms with van der Waals surface area (Å²) in [6.07, 6.45) is 5.01. The van der Waals surface area contributed by atoms with Crippen LogP contribution in [0.5, 0.6) is 0 Å². The molecule has 1 heterocycles. The number of aromatic nitrogens is 2. The van der Waals surface area contributed by atoms with Crippen molar-refractivity contribution in [3.8, 4) is 6.07 Å². The van der Waals surface area contributed by atoms with Gasteiger partial charge in [0.25, 0.3) is 0 Å². The first kappa shape index (κ1) is 14.5. The summed E-state index contributed by atoms with van der Waals surface area (Å²) in [4.78, 5) is 8.28. The maximum Gasteiger partial charge on any atom is 0.141 e. The highest BCUT2D eigenvalue weighted by Gasteiger charge is 2.31. The molecule has 0 amide bonds. The third-order valence-electron chi connectivity index (χ3n) is 2.91. The molecule has 4 nitrogen and oxygen atoms in total. The van der Waals surface area contributed by atoms with Crippen molar-refractivity contribution in [1.29, 1.82) is 5.26 Å².